The molecule has 3 fully saturated rings. The molecule has 0 aliphatic carbocycles. The van der Waals surface area contributed by atoms with Gasteiger partial charge in [0.15, 0.2) is 0 Å². The third kappa shape index (κ3) is 3.60. The van der Waals surface area contributed by atoms with E-state index in [1.807, 2.05) is 0 Å². The first-order valence-electron chi connectivity index (χ1n) is 6.67. The molecule has 0 aromatic carbocycles. The number of urea groups is 1. The maximum absolute atomic E-state index is 12.0. The molecule has 0 spiro atoms. The Bertz CT molecular complexity index is 390. The summed E-state index contributed by atoms with van der Waals surface area (Å²) in [4.78, 5) is 36.5. The lowest BCUT2D eigenvalue weighted by Gasteiger charge is -2.45. The van der Waals surface area contributed by atoms with E-state index < -0.39 is 31.1 Å². The van der Waals surface area contributed by atoms with Gasteiger partial charge in [-0.25, -0.2) is 4.79 Å². The Morgan fingerprint density at radius 3 is 2.05 bits per heavy atom. The van der Waals surface area contributed by atoms with Crippen LogP contribution in [0, 0.1) is 5.92 Å². The van der Waals surface area contributed by atoms with Crippen LogP contribution in [-0.4, -0.2) is 76.7 Å². The highest BCUT2D eigenvalue weighted by atomic mass is 16.4. The van der Waals surface area contributed by atoms with Gasteiger partial charge < -0.3 is 25.3 Å². The number of amides is 2. The van der Waals surface area contributed by atoms with Crippen LogP contribution >= 0.6 is 0 Å². The van der Waals surface area contributed by atoms with Crippen LogP contribution in [0.2, 0.25) is 0 Å². The van der Waals surface area contributed by atoms with Gasteiger partial charge in [0.2, 0.25) is 0 Å². The number of hydrogen-bond donors (Lipinski definition) is 3. The molecule has 3 aliphatic rings. The maximum atomic E-state index is 12.0. The Labute approximate surface area is 116 Å². The molecule has 20 heavy (non-hydrogen) atoms. The molecule has 3 aliphatic heterocycles. The summed E-state index contributed by atoms with van der Waals surface area (Å²) in [5.74, 6) is -2.05. The number of hydrogen-bond acceptors (Lipinski definition) is 4. The summed E-state index contributed by atoms with van der Waals surface area (Å²) in [6, 6.07) is -0.636. The van der Waals surface area contributed by atoms with E-state index in [2.05, 4.69) is 10.2 Å². The van der Waals surface area contributed by atoms with E-state index in [1.54, 1.807) is 0 Å². The number of carboxylic acid groups (broad SMARTS) is 2. The van der Waals surface area contributed by atoms with Crippen molar-refractivity contribution < 1.29 is 24.6 Å². The molecule has 3 N–H and O–H groups in total. The zero-order chi connectivity index (χ0) is 14.7. The number of carbonyl (C=O) groups excluding carboxylic acids is 1. The molecular formula is C12H19N3O5. The Morgan fingerprint density at radius 2 is 1.65 bits per heavy atom. The molecule has 0 saturated carbocycles. The van der Waals surface area contributed by atoms with E-state index >= 15 is 0 Å². The van der Waals surface area contributed by atoms with Gasteiger partial charge in [-0.2, -0.15) is 0 Å². The molecule has 1 atom stereocenters. The van der Waals surface area contributed by atoms with Gasteiger partial charge >= 0.3 is 18.0 Å². The average Bonchev–Trinajstić information content (AvgIpc) is 2.38. The minimum atomic E-state index is -1.23. The fourth-order valence-corrected chi connectivity index (χ4v) is 2.90. The lowest BCUT2D eigenvalue weighted by Crippen LogP contribution is -2.59. The normalized spacial score (nSPS) is 27.9. The highest BCUT2D eigenvalue weighted by Gasteiger charge is 2.35. The topological polar surface area (TPSA) is 110 Å². The number of carboxylic acids is 2. The molecule has 3 rings (SSSR count). The number of piperidine rings is 3. The lowest BCUT2D eigenvalue weighted by atomic mass is 9.84. The second-order valence-corrected chi connectivity index (χ2v) is 5.34. The predicted octanol–water partition coefficient (Wildman–Crippen LogP) is -0.739. The van der Waals surface area contributed by atoms with Crippen LogP contribution in [0.15, 0.2) is 0 Å². The largest absolute Gasteiger partial charge is 0.480 e. The molecule has 0 radical (unpaired) electrons. The summed E-state index contributed by atoms with van der Waals surface area (Å²) in [7, 11) is 0. The number of nitrogens with zero attached hydrogens (tertiary/aromatic N) is 2. The smallest absolute Gasteiger partial charge is 0.323 e. The number of fused-ring (bicyclic) bond motifs is 3. The molecule has 2 amide bonds. The van der Waals surface area contributed by atoms with E-state index in [9.17, 15) is 14.4 Å². The summed E-state index contributed by atoms with van der Waals surface area (Å²) < 4.78 is 0. The second kappa shape index (κ2) is 6.08. The van der Waals surface area contributed by atoms with Crippen molar-refractivity contribution in [3.8, 4) is 0 Å². The molecule has 8 heteroatoms. The van der Waals surface area contributed by atoms with Crippen LogP contribution < -0.4 is 5.32 Å². The van der Waals surface area contributed by atoms with Crippen LogP contribution in [0.3, 0.4) is 0 Å². The third-order valence-electron chi connectivity index (χ3n) is 3.90. The lowest BCUT2D eigenvalue weighted by molar-refractivity contribution is -0.140. The first-order valence-corrected chi connectivity index (χ1v) is 6.67. The molecule has 0 aromatic heterocycles. The van der Waals surface area contributed by atoms with Crippen molar-refractivity contribution in [3.05, 3.63) is 0 Å². The molecule has 8 nitrogen and oxygen atoms in total. The third-order valence-corrected chi connectivity index (χ3v) is 3.90. The number of carbonyl (C=O) groups is 3. The molecule has 2 bridgehead atoms. The van der Waals surface area contributed by atoms with Crippen molar-refractivity contribution in [2.45, 2.75) is 18.9 Å². The van der Waals surface area contributed by atoms with Gasteiger partial charge in [-0.15, -0.1) is 0 Å². The average molecular weight is 285 g/mol. The zero-order valence-corrected chi connectivity index (χ0v) is 11.1. The Balaban J connectivity index is 1.93. The van der Waals surface area contributed by atoms with Crippen LogP contribution in [-0.2, 0) is 9.59 Å². The maximum Gasteiger partial charge on any atom is 0.323 e. The molecule has 1 unspecified atom stereocenters. The number of rotatable bonds is 5. The van der Waals surface area contributed by atoms with Gasteiger partial charge in [0.25, 0.3) is 0 Å². The predicted molar refractivity (Wildman–Crippen MR) is 68.3 cm³/mol. The molecular weight excluding hydrogens is 266 g/mol. The van der Waals surface area contributed by atoms with Crippen LogP contribution in [0.4, 0.5) is 4.79 Å². The van der Waals surface area contributed by atoms with Gasteiger partial charge in [0.1, 0.15) is 13.1 Å². The van der Waals surface area contributed by atoms with E-state index in [-0.39, 0.29) is 6.04 Å². The summed E-state index contributed by atoms with van der Waals surface area (Å²) in [6.07, 6.45) is 2.03. The zero-order valence-electron chi connectivity index (χ0n) is 11.1. The monoisotopic (exact) mass is 285 g/mol. The SMILES string of the molecule is O=C(O)CN(CC(=O)O)C(=O)NC1CN2CCC1CC2. The molecule has 112 valence electrons. The number of aliphatic carboxylic acids is 2. The molecule has 3 saturated heterocycles. The molecule has 0 aromatic rings. The van der Waals surface area contributed by atoms with Crippen LogP contribution in [0.25, 0.3) is 0 Å². The van der Waals surface area contributed by atoms with E-state index in [1.165, 1.54) is 0 Å². The highest BCUT2D eigenvalue weighted by Crippen LogP contribution is 2.27. The van der Waals surface area contributed by atoms with Gasteiger partial charge in [-0.1, -0.05) is 0 Å². The van der Waals surface area contributed by atoms with Crippen molar-refractivity contribution in [1.82, 2.24) is 15.1 Å². The quantitative estimate of drug-likeness (QED) is 0.614. The van der Waals surface area contributed by atoms with Gasteiger partial charge in [-0.3, -0.25) is 9.59 Å². The van der Waals surface area contributed by atoms with Gasteiger partial charge in [-0.05, 0) is 31.8 Å². The molecule has 3 heterocycles. The fraction of sp³-hybridized carbons (Fsp3) is 0.750. The first-order chi connectivity index (χ1) is 9.45. The van der Waals surface area contributed by atoms with Gasteiger partial charge in [0.05, 0.1) is 0 Å². The van der Waals surface area contributed by atoms with Crippen molar-refractivity contribution in [1.29, 1.82) is 0 Å². The van der Waals surface area contributed by atoms with Gasteiger partial charge in [0, 0.05) is 12.6 Å². The number of nitrogens with one attached hydrogen (secondary N) is 1. The Kier molecular flexibility index (Phi) is 4.43. The summed E-state index contributed by atoms with van der Waals surface area (Å²) >= 11 is 0. The van der Waals surface area contributed by atoms with Crippen molar-refractivity contribution in [3.63, 3.8) is 0 Å². The van der Waals surface area contributed by atoms with Crippen LogP contribution in [0.5, 0.6) is 0 Å². The van der Waals surface area contributed by atoms with E-state index in [0.717, 1.165) is 37.4 Å². The minimum absolute atomic E-state index is 0.0184. The van der Waals surface area contributed by atoms with Crippen molar-refractivity contribution in [2.24, 2.45) is 5.92 Å². The first kappa shape index (κ1) is 14.6. The minimum Gasteiger partial charge on any atom is -0.480 e. The second-order valence-electron chi connectivity index (χ2n) is 5.34. The summed E-state index contributed by atoms with van der Waals surface area (Å²) in [6.45, 7) is 1.60. The van der Waals surface area contributed by atoms with E-state index in [0.29, 0.717) is 5.92 Å². The Hall–Kier alpha value is -1.83. The standard InChI is InChI=1S/C12H19N3O5/c16-10(17)6-15(7-11(18)19)12(20)13-9-5-14-3-1-8(9)2-4-14/h8-9H,1-7H2,(H,13,20)(H,16,17)(H,18,19). The van der Waals surface area contributed by atoms with Crippen molar-refractivity contribution >= 4 is 18.0 Å². The highest BCUT2D eigenvalue weighted by molar-refractivity contribution is 5.84. The fourth-order valence-electron chi connectivity index (χ4n) is 2.90. The van der Waals surface area contributed by atoms with Crippen LogP contribution in [0.1, 0.15) is 12.8 Å². The summed E-state index contributed by atoms with van der Waals surface area (Å²) in [5, 5.41) is 20.2. The summed E-state index contributed by atoms with van der Waals surface area (Å²) in [5.41, 5.74) is 0. The van der Waals surface area contributed by atoms with Crippen molar-refractivity contribution in [2.75, 3.05) is 32.7 Å². The Morgan fingerprint density at radius 1 is 1.10 bits per heavy atom. The van der Waals surface area contributed by atoms with E-state index in [4.69, 9.17) is 10.2 Å².